The molecule has 0 radical (unpaired) electrons. The molecule has 6 rings (SSSR count). The molecule has 0 bridgehead atoms. The van der Waals surface area contributed by atoms with E-state index in [1.807, 2.05) is 0 Å². The molecule has 0 spiro atoms. The van der Waals surface area contributed by atoms with Crippen molar-refractivity contribution in [2.24, 2.45) is 23.7 Å². The van der Waals surface area contributed by atoms with E-state index in [4.69, 9.17) is 4.74 Å². The van der Waals surface area contributed by atoms with Gasteiger partial charge in [-0.2, -0.15) is 0 Å². The molecule has 3 aliphatic heterocycles. The molecule has 0 aromatic rings. The van der Waals surface area contributed by atoms with Gasteiger partial charge in [-0.05, 0) is 102 Å². The molecule has 4 fully saturated rings. The summed E-state index contributed by atoms with van der Waals surface area (Å²) in [7, 11) is 0. The van der Waals surface area contributed by atoms with Gasteiger partial charge in [-0.1, -0.05) is 117 Å². The summed E-state index contributed by atoms with van der Waals surface area (Å²) in [5.41, 5.74) is 6.46. The van der Waals surface area contributed by atoms with Crippen LogP contribution in [0.4, 0.5) is 0 Å². The zero-order chi connectivity index (χ0) is 34.9. The van der Waals surface area contributed by atoms with Crippen LogP contribution in [-0.2, 0) is 9.53 Å². The minimum Gasteiger partial charge on any atom is -0.458 e. The monoisotopic (exact) mass is 691 g/mol. The summed E-state index contributed by atoms with van der Waals surface area (Å²) < 4.78 is 6.82. The topological polar surface area (TPSA) is 32.8 Å². The van der Waals surface area contributed by atoms with Gasteiger partial charge in [0.15, 0.2) is 0 Å². The minimum absolute atomic E-state index is 0.152. The number of carbonyl (C=O) groups excluding carboxylic acids is 1. The number of fused-ring (bicyclic) bond motifs is 3. The first kappa shape index (κ1) is 38.3. The third-order valence-corrected chi connectivity index (χ3v) is 15.1. The van der Waals surface area contributed by atoms with E-state index in [0.717, 1.165) is 56.0 Å². The van der Waals surface area contributed by atoms with Crippen molar-refractivity contribution >= 4 is 5.97 Å². The Bertz CT molecular complexity index is 1090. The lowest BCUT2D eigenvalue weighted by molar-refractivity contribution is -0.152. The number of esters is 1. The van der Waals surface area contributed by atoms with E-state index in [1.54, 1.807) is 22.5 Å². The Morgan fingerprint density at radius 1 is 0.560 bits per heavy atom. The van der Waals surface area contributed by atoms with Crippen LogP contribution in [0.15, 0.2) is 22.5 Å². The summed E-state index contributed by atoms with van der Waals surface area (Å²) in [4.78, 5) is 19.4. The predicted octanol–water partition coefficient (Wildman–Crippen LogP) is 12.7. The van der Waals surface area contributed by atoms with E-state index in [1.165, 1.54) is 161 Å². The number of hydrogen-bond donors (Lipinski definition) is 0. The summed E-state index contributed by atoms with van der Waals surface area (Å²) in [6.07, 6.45) is 36.7. The van der Waals surface area contributed by atoms with Crippen molar-refractivity contribution in [3.05, 3.63) is 22.5 Å². The summed E-state index contributed by atoms with van der Waals surface area (Å²) >= 11 is 0. The summed E-state index contributed by atoms with van der Waals surface area (Å²) in [5, 5.41) is 0. The molecule has 0 N–H and O–H groups in total. The Hall–Kier alpha value is -1.45. The molecule has 0 aromatic carbocycles. The molecular weight excluding hydrogens is 613 g/mol. The van der Waals surface area contributed by atoms with Crippen LogP contribution in [0, 0.1) is 23.7 Å². The number of rotatable bonds is 20. The van der Waals surface area contributed by atoms with Crippen LogP contribution in [0.25, 0.3) is 0 Å². The molecule has 0 aromatic heterocycles. The Kier molecular flexibility index (Phi) is 14.2. The number of nitrogens with zero attached hydrogens (tertiary/aromatic N) is 2. The van der Waals surface area contributed by atoms with Gasteiger partial charge < -0.3 is 14.5 Å². The van der Waals surface area contributed by atoms with Crippen molar-refractivity contribution in [3.63, 3.8) is 0 Å². The van der Waals surface area contributed by atoms with Crippen LogP contribution in [0.2, 0.25) is 0 Å². The summed E-state index contributed by atoms with van der Waals surface area (Å²) in [6, 6.07) is 1.46. The maximum Gasteiger partial charge on any atom is 0.309 e. The second-order valence-corrected chi connectivity index (χ2v) is 18.0. The van der Waals surface area contributed by atoms with Crippen molar-refractivity contribution in [3.8, 4) is 0 Å². The minimum atomic E-state index is -0.267. The molecule has 4 heteroatoms. The Morgan fingerprint density at radius 3 is 1.48 bits per heavy atom. The molecule has 1 saturated heterocycles. The lowest BCUT2D eigenvalue weighted by Crippen LogP contribution is -2.39. The van der Waals surface area contributed by atoms with Gasteiger partial charge in [0.25, 0.3) is 0 Å². The van der Waals surface area contributed by atoms with Crippen LogP contribution < -0.4 is 0 Å². The average Bonchev–Trinajstić information content (AvgIpc) is 3.69. The van der Waals surface area contributed by atoms with Crippen molar-refractivity contribution in [1.29, 1.82) is 0 Å². The number of carbonyl (C=O) groups is 1. The number of hydrogen-bond acceptors (Lipinski definition) is 4. The maximum absolute atomic E-state index is 13.7. The zero-order valence-corrected chi connectivity index (χ0v) is 33.4. The van der Waals surface area contributed by atoms with Gasteiger partial charge in [0.2, 0.25) is 0 Å². The van der Waals surface area contributed by atoms with Crippen LogP contribution >= 0.6 is 0 Å². The predicted molar refractivity (Wildman–Crippen MR) is 210 cm³/mol. The Morgan fingerprint density at radius 2 is 0.980 bits per heavy atom. The van der Waals surface area contributed by atoms with E-state index in [0.29, 0.717) is 5.92 Å². The molecule has 6 atom stereocenters. The van der Waals surface area contributed by atoms with Gasteiger partial charge in [-0.15, -0.1) is 0 Å². The van der Waals surface area contributed by atoms with Gasteiger partial charge >= 0.3 is 5.97 Å². The van der Waals surface area contributed by atoms with Crippen molar-refractivity contribution < 1.29 is 9.53 Å². The zero-order valence-electron chi connectivity index (χ0n) is 33.4. The van der Waals surface area contributed by atoms with Crippen LogP contribution in [0.5, 0.6) is 0 Å². The van der Waals surface area contributed by atoms with Crippen molar-refractivity contribution in [2.45, 2.75) is 225 Å². The quantitative estimate of drug-likeness (QED) is 0.0940. The lowest BCUT2D eigenvalue weighted by atomic mass is 9.67. The molecule has 4 nitrogen and oxygen atoms in total. The molecule has 3 aliphatic carbocycles. The number of allylic oxidation sites excluding steroid dienone is 2. The van der Waals surface area contributed by atoms with Crippen LogP contribution in [0.1, 0.15) is 207 Å². The van der Waals surface area contributed by atoms with Crippen molar-refractivity contribution in [1.82, 2.24) is 9.80 Å². The largest absolute Gasteiger partial charge is 0.458 e. The van der Waals surface area contributed by atoms with E-state index in [9.17, 15) is 4.79 Å². The van der Waals surface area contributed by atoms with Crippen LogP contribution in [-0.4, -0.2) is 46.5 Å². The van der Waals surface area contributed by atoms with E-state index in [2.05, 4.69) is 37.5 Å². The van der Waals surface area contributed by atoms with Gasteiger partial charge in [0, 0.05) is 54.3 Å². The SMILES string of the molecule is CCCCCCCCN1C(C)=C(CCC2(CCC3=C(C)N(CCCCCCCC)C4CCCCC34)OC(=O)C3CCCCC32)C2CCCCC21. The highest BCUT2D eigenvalue weighted by atomic mass is 16.6. The fourth-order valence-electron chi connectivity index (χ4n) is 12.4. The van der Waals surface area contributed by atoms with Gasteiger partial charge in [0.05, 0.1) is 5.92 Å². The maximum atomic E-state index is 13.7. The fraction of sp³-hybridized carbons (Fsp3) is 0.891. The fourth-order valence-corrected chi connectivity index (χ4v) is 12.4. The molecule has 3 saturated carbocycles. The Labute approximate surface area is 309 Å². The third-order valence-electron chi connectivity index (χ3n) is 15.1. The van der Waals surface area contributed by atoms with Gasteiger partial charge in [-0.3, -0.25) is 4.79 Å². The smallest absolute Gasteiger partial charge is 0.309 e. The van der Waals surface area contributed by atoms with E-state index >= 15 is 0 Å². The highest BCUT2D eigenvalue weighted by Gasteiger charge is 2.56. The van der Waals surface area contributed by atoms with Gasteiger partial charge in [-0.25, -0.2) is 0 Å². The summed E-state index contributed by atoms with van der Waals surface area (Å²) in [6.45, 7) is 12.1. The first-order valence-corrected chi connectivity index (χ1v) is 22.6. The number of cyclic esters (lactones) is 1. The first-order chi connectivity index (χ1) is 24.5. The van der Waals surface area contributed by atoms with Crippen molar-refractivity contribution in [2.75, 3.05) is 13.1 Å². The second kappa shape index (κ2) is 18.5. The number of ether oxygens (including phenoxy) is 1. The lowest BCUT2D eigenvalue weighted by Gasteiger charge is -2.38. The standard InChI is InChI=1S/C46H78N2O2/c1-5-7-9-11-13-21-33-47-35(3)37(39-23-16-19-27-43(39)47)29-31-46(42-26-18-15-25-41(42)45(49)50-46)32-30-38-36(4)48(34-22-14-12-10-8-6-2)44-28-20-17-24-40(38)44/h39-44H,5-34H2,1-4H3. The molecule has 6 aliphatic rings. The normalized spacial score (nSPS) is 32.5. The highest BCUT2D eigenvalue weighted by molar-refractivity contribution is 5.76. The van der Waals surface area contributed by atoms with Gasteiger partial charge in [0.1, 0.15) is 5.60 Å². The molecule has 50 heavy (non-hydrogen) atoms. The molecule has 3 heterocycles. The molecular formula is C46H78N2O2. The van der Waals surface area contributed by atoms with Crippen LogP contribution in [0.3, 0.4) is 0 Å². The molecule has 284 valence electrons. The highest BCUT2D eigenvalue weighted by Crippen LogP contribution is 2.54. The summed E-state index contributed by atoms with van der Waals surface area (Å²) in [5.74, 6) is 2.21. The molecule has 6 unspecified atom stereocenters. The van der Waals surface area contributed by atoms with E-state index in [-0.39, 0.29) is 17.5 Å². The Balaban J connectivity index is 1.16. The average molecular weight is 691 g/mol. The first-order valence-electron chi connectivity index (χ1n) is 22.6. The molecule has 0 amide bonds. The van der Waals surface area contributed by atoms with E-state index < -0.39 is 0 Å². The third kappa shape index (κ3) is 8.51. The second-order valence-electron chi connectivity index (χ2n) is 18.0. The number of unbranched alkanes of at least 4 members (excludes halogenated alkanes) is 10.